The lowest BCUT2D eigenvalue weighted by atomic mass is 10.0. The minimum absolute atomic E-state index is 0.697. The van der Waals surface area contributed by atoms with Gasteiger partial charge in [0.2, 0.25) is 0 Å². The van der Waals surface area contributed by atoms with Crippen LogP contribution in [0.3, 0.4) is 0 Å². The summed E-state index contributed by atoms with van der Waals surface area (Å²) in [5.74, 6) is 0. The maximum Gasteiger partial charge on any atom is 0.0503 e. The van der Waals surface area contributed by atoms with Crippen molar-refractivity contribution >= 4 is 5.69 Å². The molecule has 0 saturated carbocycles. The van der Waals surface area contributed by atoms with E-state index < -0.39 is 0 Å². The van der Waals surface area contributed by atoms with Crippen LogP contribution in [0.4, 0.5) is 5.69 Å². The molecule has 0 amide bonds. The van der Waals surface area contributed by atoms with Gasteiger partial charge in [-0.1, -0.05) is 18.7 Å². The number of benzene rings is 1. The van der Waals surface area contributed by atoms with Gasteiger partial charge in [-0.15, -0.1) is 0 Å². The number of pyridine rings is 1. The Morgan fingerprint density at radius 2 is 2.21 bits per heavy atom. The summed E-state index contributed by atoms with van der Waals surface area (Å²) in [5.41, 5.74) is 4.56. The van der Waals surface area contributed by atoms with Crippen molar-refractivity contribution in [1.82, 2.24) is 4.98 Å². The highest BCUT2D eigenvalue weighted by molar-refractivity contribution is 5.68. The van der Waals surface area contributed by atoms with Gasteiger partial charge in [0.1, 0.15) is 0 Å². The molecule has 1 aromatic carbocycles. The van der Waals surface area contributed by atoms with Crippen molar-refractivity contribution in [1.29, 1.82) is 0 Å². The third-order valence-corrected chi connectivity index (χ3v) is 2.93. The molecule has 0 radical (unpaired) electrons. The van der Waals surface area contributed by atoms with E-state index in [4.69, 9.17) is 4.74 Å². The van der Waals surface area contributed by atoms with Gasteiger partial charge in [0.05, 0.1) is 6.61 Å². The first-order chi connectivity index (χ1) is 9.35. The first kappa shape index (κ1) is 13.3. The zero-order chi connectivity index (χ0) is 13.5. The first-order valence-corrected chi connectivity index (χ1v) is 6.25. The summed E-state index contributed by atoms with van der Waals surface area (Å²) in [6.45, 7) is 4.40. The number of rotatable bonds is 6. The van der Waals surface area contributed by atoms with E-state index in [9.17, 15) is 0 Å². The molecule has 98 valence electrons. The van der Waals surface area contributed by atoms with E-state index in [0.29, 0.717) is 6.61 Å². The molecular weight excluding hydrogens is 236 g/mol. The number of hydrogen-bond acceptors (Lipinski definition) is 3. The molecule has 2 aromatic rings. The van der Waals surface area contributed by atoms with Crippen LogP contribution < -0.4 is 5.32 Å². The largest absolute Gasteiger partial charge is 0.384 e. The smallest absolute Gasteiger partial charge is 0.0503 e. The van der Waals surface area contributed by atoms with E-state index in [1.54, 1.807) is 19.5 Å². The van der Waals surface area contributed by atoms with E-state index >= 15 is 0 Å². The van der Waals surface area contributed by atoms with Crippen molar-refractivity contribution in [2.24, 2.45) is 0 Å². The van der Waals surface area contributed by atoms with Gasteiger partial charge in [-0.3, -0.25) is 4.98 Å². The highest BCUT2D eigenvalue weighted by Gasteiger charge is 2.05. The van der Waals surface area contributed by atoms with Crippen LogP contribution in [-0.2, 0) is 11.2 Å². The van der Waals surface area contributed by atoms with Gasteiger partial charge in [-0.05, 0) is 47.5 Å². The lowest BCUT2D eigenvalue weighted by Crippen LogP contribution is -2.00. The Bertz CT molecular complexity index is 538. The average Bonchev–Trinajstić information content (AvgIpc) is 2.47. The Hall–Kier alpha value is -2.13. The third kappa shape index (κ3) is 3.42. The monoisotopic (exact) mass is 254 g/mol. The molecule has 0 bridgehead atoms. The highest BCUT2D eigenvalue weighted by Crippen LogP contribution is 2.25. The minimum atomic E-state index is 0.697. The molecule has 0 fully saturated rings. The molecule has 1 N–H and O–H groups in total. The fourth-order valence-corrected chi connectivity index (χ4v) is 1.98. The van der Waals surface area contributed by atoms with Gasteiger partial charge in [0.25, 0.3) is 0 Å². The second-order valence-electron chi connectivity index (χ2n) is 4.20. The van der Waals surface area contributed by atoms with E-state index in [2.05, 4.69) is 41.1 Å². The summed E-state index contributed by atoms with van der Waals surface area (Å²) < 4.78 is 5.16. The number of aromatic nitrogens is 1. The number of hydrogen-bond donors (Lipinski definition) is 1. The summed E-state index contributed by atoms with van der Waals surface area (Å²) in [4.78, 5) is 4.16. The summed E-state index contributed by atoms with van der Waals surface area (Å²) in [5, 5.41) is 3.16. The Kier molecular flexibility index (Phi) is 4.70. The first-order valence-electron chi connectivity index (χ1n) is 6.25. The predicted molar refractivity (Wildman–Crippen MR) is 79.1 cm³/mol. The molecule has 0 unspecified atom stereocenters. The quantitative estimate of drug-likeness (QED) is 0.856. The van der Waals surface area contributed by atoms with E-state index in [1.807, 2.05) is 12.3 Å². The highest BCUT2D eigenvalue weighted by atomic mass is 16.5. The SMILES string of the molecule is C=CNc1ccc(-c2cccnc2)cc1CCOC. The van der Waals surface area contributed by atoms with Crippen molar-refractivity contribution in [2.45, 2.75) is 6.42 Å². The van der Waals surface area contributed by atoms with Gasteiger partial charge >= 0.3 is 0 Å². The summed E-state index contributed by atoms with van der Waals surface area (Å²) in [7, 11) is 1.71. The Labute approximate surface area is 114 Å². The molecule has 1 aromatic heterocycles. The van der Waals surface area contributed by atoms with E-state index in [0.717, 1.165) is 23.2 Å². The Balaban J connectivity index is 2.34. The van der Waals surface area contributed by atoms with Gasteiger partial charge in [0.15, 0.2) is 0 Å². The molecule has 0 aliphatic rings. The van der Waals surface area contributed by atoms with E-state index in [1.165, 1.54) is 5.56 Å². The second-order valence-corrected chi connectivity index (χ2v) is 4.20. The molecular formula is C16H18N2O. The number of nitrogens with zero attached hydrogens (tertiary/aromatic N) is 1. The zero-order valence-corrected chi connectivity index (χ0v) is 11.1. The number of ether oxygens (including phenoxy) is 1. The molecule has 19 heavy (non-hydrogen) atoms. The van der Waals surface area contributed by atoms with Crippen LogP contribution in [0.1, 0.15) is 5.56 Å². The zero-order valence-electron chi connectivity index (χ0n) is 11.1. The molecule has 0 aliphatic heterocycles. The van der Waals surface area contributed by atoms with Crippen LogP contribution in [0.15, 0.2) is 55.5 Å². The molecule has 2 rings (SSSR count). The van der Waals surface area contributed by atoms with Crippen LogP contribution in [0.5, 0.6) is 0 Å². The summed E-state index contributed by atoms with van der Waals surface area (Å²) in [6, 6.07) is 10.3. The van der Waals surface area contributed by atoms with Crippen molar-refractivity contribution < 1.29 is 4.74 Å². The number of anilines is 1. The normalized spacial score (nSPS) is 10.2. The van der Waals surface area contributed by atoms with Crippen LogP contribution >= 0.6 is 0 Å². The Morgan fingerprint density at radius 1 is 1.32 bits per heavy atom. The third-order valence-electron chi connectivity index (χ3n) is 2.93. The van der Waals surface area contributed by atoms with Gasteiger partial charge in [-0.2, -0.15) is 0 Å². The molecule has 1 heterocycles. The lowest BCUT2D eigenvalue weighted by molar-refractivity contribution is 0.202. The maximum atomic E-state index is 5.16. The van der Waals surface area contributed by atoms with Gasteiger partial charge < -0.3 is 10.1 Å². The number of nitrogens with one attached hydrogen (secondary N) is 1. The van der Waals surface area contributed by atoms with Crippen LogP contribution in [0.2, 0.25) is 0 Å². The molecule has 0 spiro atoms. The molecule has 0 atom stereocenters. The maximum absolute atomic E-state index is 5.16. The van der Waals surface area contributed by atoms with Crippen LogP contribution in [-0.4, -0.2) is 18.7 Å². The van der Waals surface area contributed by atoms with Gasteiger partial charge in [-0.25, -0.2) is 0 Å². The average molecular weight is 254 g/mol. The van der Waals surface area contributed by atoms with Crippen molar-refractivity contribution in [3.05, 3.63) is 61.1 Å². The van der Waals surface area contributed by atoms with Crippen molar-refractivity contribution in [2.75, 3.05) is 19.0 Å². The fraction of sp³-hybridized carbons (Fsp3) is 0.188. The van der Waals surface area contributed by atoms with Crippen molar-refractivity contribution in [3.8, 4) is 11.1 Å². The number of methoxy groups -OCH3 is 1. The van der Waals surface area contributed by atoms with Gasteiger partial charge in [0, 0.05) is 25.2 Å². The Morgan fingerprint density at radius 3 is 2.89 bits per heavy atom. The molecule has 3 nitrogen and oxygen atoms in total. The van der Waals surface area contributed by atoms with Crippen LogP contribution in [0, 0.1) is 0 Å². The standard InChI is InChI=1S/C16H18N2O/c1-3-18-16-7-6-13(11-14(16)8-10-19-2)15-5-4-9-17-12-15/h3-7,9,11-12,18H,1,8,10H2,2H3. The van der Waals surface area contributed by atoms with E-state index in [-0.39, 0.29) is 0 Å². The molecule has 0 saturated heterocycles. The van der Waals surface area contributed by atoms with Crippen LogP contribution in [0.25, 0.3) is 11.1 Å². The molecule has 0 aliphatic carbocycles. The summed E-state index contributed by atoms with van der Waals surface area (Å²) >= 11 is 0. The minimum Gasteiger partial charge on any atom is -0.384 e. The topological polar surface area (TPSA) is 34.2 Å². The second kappa shape index (κ2) is 6.71. The van der Waals surface area contributed by atoms with Crippen molar-refractivity contribution in [3.63, 3.8) is 0 Å². The molecule has 3 heteroatoms. The lowest BCUT2D eigenvalue weighted by Gasteiger charge is -2.11. The summed E-state index contributed by atoms with van der Waals surface area (Å²) in [6.07, 6.45) is 6.20. The predicted octanol–water partition coefficient (Wildman–Crippen LogP) is 3.49. The fourth-order valence-electron chi connectivity index (χ4n) is 1.98.